The molecule has 0 saturated carbocycles. The second-order valence-corrected chi connectivity index (χ2v) is 6.50. The van der Waals surface area contributed by atoms with Gasteiger partial charge in [-0.3, -0.25) is 0 Å². The van der Waals surface area contributed by atoms with Crippen molar-refractivity contribution in [2.24, 2.45) is 0 Å². The fraction of sp³-hybridized carbons (Fsp3) is 0.214. The summed E-state index contributed by atoms with van der Waals surface area (Å²) in [6.07, 6.45) is 0. The highest BCUT2D eigenvalue weighted by Gasteiger charge is 2.24. The van der Waals surface area contributed by atoms with Gasteiger partial charge in [0.15, 0.2) is 0 Å². The Morgan fingerprint density at radius 1 is 1.19 bits per heavy atom. The predicted molar refractivity (Wildman–Crippen MR) is 89.0 cm³/mol. The highest BCUT2D eigenvalue weighted by Crippen LogP contribution is 2.37. The molecule has 0 aliphatic rings. The van der Waals surface area contributed by atoms with E-state index in [1.54, 1.807) is 19.1 Å². The van der Waals surface area contributed by atoms with Gasteiger partial charge in [-0.05, 0) is 72.4 Å². The first-order valence-electron chi connectivity index (χ1n) is 6.10. The largest absolute Gasteiger partial charge is 0.462 e. The van der Waals surface area contributed by atoms with Gasteiger partial charge >= 0.3 is 5.97 Å². The third kappa shape index (κ3) is 3.57. The Morgan fingerprint density at radius 3 is 2.38 bits per heavy atom. The van der Waals surface area contributed by atoms with E-state index in [1.807, 2.05) is 4.57 Å². The average Bonchev–Trinajstić information content (AvgIpc) is 2.65. The maximum Gasteiger partial charge on any atom is 0.342 e. The Balaban J connectivity index is 2.38. The van der Waals surface area contributed by atoms with Gasteiger partial charge in [-0.1, -0.05) is 12.1 Å². The first-order valence-corrected chi connectivity index (χ1v) is 8.48. The van der Waals surface area contributed by atoms with Crippen LogP contribution in [-0.4, -0.2) is 17.1 Å². The van der Waals surface area contributed by atoms with Crippen LogP contribution in [0.25, 0.3) is 0 Å². The minimum atomic E-state index is -0.408. The number of hydrogen-bond acceptors (Lipinski definition) is 2. The number of benzene rings is 1. The van der Waals surface area contributed by atoms with Crippen LogP contribution in [0, 0.1) is 5.82 Å². The van der Waals surface area contributed by atoms with Gasteiger partial charge in [-0.15, -0.1) is 0 Å². The van der Waals surface area contributed by atoms with E-state index in [2.05, 4.69) is 47.8 Å². The highest BCUT2D eigenvalue weighted by molar-refractivity contribution is 9.13. The van der Waals surface area contributed by atoms with E-state index in [0.29, 0.717) is 32.4 Å². The fourth-order valence-electron chi connectivity index (χ4n) is 1.82. The summed E-state index contributed by atoms with van der Waals surface area (Å²) >= 11 is 10.3. The van der Waals surface area contributed by atoms with Gasteiger partial charge in [-0.25, -0.2) is 9.18 Å². The lowest BCUT2D eigenvalue weighted by atomic mass is 10.2. The van der Waals surface area contributed by atoms with Crippen molar-refractivity contribution in [3.05, 3.63) is 54.9 Å². The van der Waals surface area contributed by atoms with E-state index in [9.17, 15) is 9.18 Å². The van der Waals surface area contributed by atoms with Crippen molar-refractivity contribution >= 4 is 53.8 Å². The normalized spacial score (nSPS) is 10.7. The van der Waals surface area contributed by atoms with Crippen molar-refractivity contribution in [2.45, 2.75) is 13.5 Å². The van der Waals surface area contributed by atoms with Crippen LogP contribution in [0.3, 0.4) is 0 Å². The van der Waals surface area contributed by atoms with E-state index < -0.39 is 5.97 Å². The zero-order valence-corrected chi connectivity index (χ0v) is 15.8. The van der Waals surface area contributed by atoms with Crippen LogP contribution in [0.2, 0.25) is 0 Å². The summed E-state index contributed by atoms with van der Waals surface area (Å²) in [6.45, 7) is 2.54. The van der Waals surface area contributed by atoms with Crippen LogP contribution in [-0.2, 0) is 11.3 Å². The molecule has 0 aliphatic carbocycles. The molecular weight excluding hydrogens is 473 g/mol. The molecule has 0 saturated heterocycles. The molecule has 1 aromatic carbocycles. The van der Waals surface area contributed by atoms with E-state index >= 15 is 0 Å². The zero-order valence-electron chi connectivity index (χ0n) is 11.0. The predicted octanol–water partition coefficient (Wildman–Crippen LogP) is 5.14. The Labute approximate surface area is 146 Å². The van der Waals surface area contributed by atoms with Crippen LogP contribution in [0.1, 0.15) is 22.8 Å². The molecule has 112 valence electrons. The third-order valence-corrected chi connectivity index (χ3v) is 5.77. The number of carbonyl (C=O) groups is 1. The molecule has 0 spiro atoms. The minimum absolute atomic E-state index is 0.280. The molecule has 0 bridgehead atoms. The summed E-state index contributed by atoms with van der Waals surface area (Å²) in [6, 6.07) is 6.21. The van der Waals surface area contributed by atoms with Crippen LogP contribution in [0.5, 0.6) is 0 Å². The Morgan fingerprint density at radius 2 is 1.81 bits per heavy atom. The molecular formula is C14H11Br3FNO2. The molecule has 0 atom stereocenters. The summed E-state index contributed by atoms with van der Waals surface area (Å²) < 4.78 is 21.8. The summed E-state index contributed by atoms with van der Waals surface area (Å²) in [5.74, 6) is -0.687. The lowest BCUT2D eigenvalue weighted by Gasteiger charge is -2.08. The topological polar surface area (TPSA) is 31.2 Å². The number of esters is 1. The molecule has 1 aromatic heterocycles. The molecule has 0 amide bonds. The maximum atomic E-state index is 12.9. The zero-order chi connectivity index (χ0) is 15.6. The molecule has 2 rings (SSSR count). The molecule has 0 radical (unpaired) electrons. The van der Waals surface area contributed by atoms with Crippen molar-refractivity contribution in [3.8, 4) is 0 Å². The Bertz CT molecular complexity index is 668. The van der Waals surface area contributed by atoms with Gasteiger partial charge < -0.3 is 9.30 Å². The number of ether oxygens (including phenoxy) is 1. The molecule has 3 nitrogen and oxygen atoms in total. The highest BCUT2D eigenvalue weighted by atomic mass is 79.9. The summed E-state index contributed by atoms with van der Waals surface area (Å²) in [7, 11) is 0. The van der Waals surface area contributed by atoms with Crippen molar-refractivity contribution in [2.75, 3.05) is 6.61 Å². The molecule has 0 N–H and O–H groups in total. The van der Waals surface area contributed by atoms with Gasteiger partial charge in [0, 0.05) is 6.54 Å². The van der Waals surface area contributed by atoms with E-state index in [-0.39, 0.29) is 5.82 Å². The number of carbonyl (C=O) groups excluding carboxylic acids is 1. The molecule has 0 unspecified atom stereocenters. The summed E-state index contributed by atoms with van der Waals surface area (Å²) in [5.41, 5.74) is 1.33. The summed E-state index contributed by atoms with van der Waals surface area (Å²) in [4.78, 5) is 12.0. The minimum Gasteiger partial charge on any atom is -0.462 e. The van der Waals surface area contributed by atoms with E-state index in [1.165, 1.54) is 12.1 Å². The molecule has 2 aromatic rings. The number of rotatable bonds is 4. The van der Waals surface area contributed by atoms with Crippen LogP contribution in [0.4, 0.5) is 4.39 Å². The maximum absolute atomic E-state index is 12.9. The van der Waals surface area contributed by atoms with E-state index in [4.69, 9.17) is 4.74 Å². The molecule has 0 aliphatic heterocycles. The van der Waals surface area contributed by atoms with Gasteiger partial charge in [-0.2, -0.15) is 0 Å². The van der Waals surface area contributed by atoms with Crippen molar-refractivity contribution in [1.82, 2.24) is 4.57 Å². The van der Waals surface area contributed by atoms with Crippen molar-refractivity contribution < 1.29 is 13.9 Å². The van der Waals surface area contributed by atoms with Gasteiger partial charge in [0.05, 0.1) is 11.1 Å². The fourth-order valence-corrected chi connectivity index (χ4v) is 4.05. The number of hydrogen-bond donors (Lipinski definition) is 0. The van der Waals surface area contributed by atoms with E-state index in [0.717, 1.165) is 5.56 Å². The lowest BCUT2D eigenvalue weighted by molar-refractivity contribution is 0.0524. The van der Waals surface area contributed by atoms with Gasteiger partial charge in [0.25, 0.3) is 0 Å². The van der Waals surface area contributed by atoms with Gasteiger partial charge in [0.2, 0.25) is 0 Å². The van der Waals surface area contributed by atoms with Crippen molar-refractivity contribution in [1.29, 1.82) is 0 Å². The smallest absolute Gasteiger partial charge is 0.342 e. The van der Waals surface area contributed by atoms with Crippen LogP contribution >= 0.6 is 47.8 Å². The van der Waals surface area contributed by atoms with Crippen molar-refractivity contribution in [3.63, 3.8) is 0 Å². The SMILES string of the molecule is CCOC(=O)c1c(Br)c(Br)n(Cc2ccc(F)cc2)c1Br. The Kier molecular flexibility index (Phi) is 5.62. The number of halogens is 4. The second kappa shape index (κ2) is 7.07. The first-order chi connectivity index (χ1) is 9.95. The quantitative estimate of drug-likeness (QED) is 0.564. The van der Waals surface area contributed by atoms with Crippen LogP contribution < -0.4 is 0 Å². The molecule has 0 fully saturated rings. The van der Waals surface area contributed by atoms with Crippen LogP contribution in [0.15, 0.2) is 37.9 Å². The molecule has 21 heavy (non-hydrogen) atoms. The summed E-state index contributed by atoms with van der Waals surface area (Å²) in [5, 5.41) is 0. The average molecular weight is 484 g/mol. The third-order valence-electron chi connectivity index (χ3n) is 2.81. The molecule has 7 heteroatoms. The van der Waals surface area contributed by atoms with Gasteiger partial charge in [0.1, 0.15) is 20.6 Å². The first kappa shape index (κ1) is 16.7. The molecule has 1 heterocycles. The Hall–Kier alpha value is -0.660. The number of nitrogens with zero attached hydrogens (tertiary/aromatic N) is 1. The number of aromatic nitrogens is 1. The monoisotopic (exact) mass is 481 g/mol. The lowest BCUT2D eigenvalue weighted by Crippen LogP contribution is -2.06. The standard InChI is InChI=1S/C14H11Br3FNO2/c1-2-21-14(20)10-11(15)13(17)19(12(10)16)7-8-3-5-9(18)6-4-8/h3-6H,2,7H2,1H3. The second-order valence-electron chi connectivity index (χ2n) is 4.20.